The molecule has 1 N–H and O–H groups in total. The SMILES string of the molecule is COc1ccc(NC(=O)c2c(N=Cc3cccs3)sc3c2CCC3)c(OC)c1. The second kappa shape index (κ2) is 8.16. The quantitative estimate of drug-likeness (QED) is 0.558. The Labute approximate surface area is 171 Å². The zero-order valence-corrected chi connectivity index (χ0v) is 17.3. The van der Waals surface area contributed by atoms with Gasteiger partial charge < -0.3 is 14.8 Å². The van der Waals surface area contributed by atoms with Gasteiger partial charge in [-0.3, -0.25) is 4.79 Å². The van der Waals surface area contributed by atoms with Crippen molar-refractivity contribution in [1.82, 2.24) is 0 Å². The summed E-state index contributed by atoms with van der Waals surface area (Å²) in [4.78, 5) is 20.1. The molecule has 144 valence electrons. The number of anilines is 1. The summed E-state index contributed by atoms with van der Waals surface area (Å²) in [5.41, 5.74) is 2.43. The van der Waals surface area contributed by atoms with E-state index in [1.807, 2.05) is 23.7 Å². The fourth-order valence-electron chi connectivity index (χ4n) is 3.29. The molecule has 2 aromatic heterocycles. The predicted molar refractivity (Wildman–Crippen MR) is 115 cm³/mol. The van der Waals surface area contributed by atoms with Gasteiger partial charge in [-0.05, 0) is 48.4 Å². The Kier molecular flexibility index (Phi) is 5.45. The Morgan fingerprint density at radius 3 is 2.86 bits per heavy atom. The minimum absolute atomic E-state index is 0.152. The molecule has 3 aromatic rings. The van der Waals surface area contributed by atoms with Crippen molar-refractivity contribution in [2.75, 3.05) is 19.5 Å². The lowest BCUT2D eigenvalue weighted by Gasteiger charge is -2.12. The maximum Gasteiger partial charge on any atom is 0.259 e. The molecule has 1 amide bonds. The predicted octanol–water partition coefficient (Wildman–Crippen LogP) is 5.32. The second-order valence-corrected chi connectivity index (χ2v) is 8.39. The summed E-state index contributed by atoms with van der Waals surface area (Å²) in [7, 11) is 3.17. The van der Waals surface area contributed by atoms with Crippen LogP contribution in [0.2, 0.25) is 0 Å². The lowest BCUT2D eigenvalue weighted by Crippen LogP contribution is -2.14. The molecule has 0 saturated heterocycles. The van der Waals surface area contributed by atoms with Crippen LogP contribution in [-0.4, -0.2) is 26.3 Å². The number of benzene rings is 1. The van der Waals surface area contributed by atoms with Crippen molar-refractivity contribution in [3.05, 3.63) is 56.6 Å². The fraction of sp³-hybridized carbons (Fsp3) is 0.238. The van der Waals surface area contributed by atoms with Crippen molar-refractivity contribution in [3.63, 3.8) is 0 Å². The van der Waals surface area contributed by atoms with Crippen LogP contribution in [-0.2, 0) is 12.8 Å². The number of rotatable bonds is 6. The van der Waals surface area contributed by atoms with E-state index in [2.05, 4.69) is 10.3 Å². The monoisotopic (exact) mass is 412 g/mol. The number of methoxy groups -OCH3 is 2. The molecule has 1 aliphatic carbocycles. The number of carbonyl (C=O) groups is 1. The van der Waals surface area contributed by atoms with Crippen LogP contribution >= 0.6 is 22.7 Å². The van der Waals surface area contributed by atoms with Crippen molar-refractivity contribution in [1.29, 1.82) is 0 Å². The first-order valence-corrected chi connectivity index (χ1v) is 10.6. The van der Waals surface area contributed by atoms with Gasteiger partial charge in [0, 0.05) is 22.0 Å². The Hall–Kier alpha value is -2.64. The van der Waals surface area contributed by atoms with E-state index >= 15 is 0 Å². The van der Waals surface area contributed by atoms with Gasteiger partial charge in [-0.2, -0.15) is 0 Å². The molecule has 1 aliphatic rings. The van der Waals surface area contributed by atoms with Crippen LogP contribution in [0.3, 0.4) is 0 Å². The Balaban J connectivity index is 1.66. The van der Waals surface area contributed by atoms with E-state index in [9.17, 15) is 4.79 Å². The standard InChI is InChI=1S/C21H20N2O3S2/c1-25-13-8-9-16(17(11-13)26-2)23-20(24)19-15-6-3-7-18(15)28-21(19)22-12-14-5-4-10-27-14/h4-5,8-12H,3,6-7H2,1-2H3,(H,23,24). The summed E-state index contributed by atoms with van der Waals surface area (Å²) in [5.74, 6) is 1.08. The largest absolute Gasteiger partial charge is 0.497 e. The highest BCUT2D eigenvalue weighted by Crippen LogP contribution is 2.41. The zero-order valence-electron chi connectivity index (χ0n) is 15.7. The third-order valence-corrected chi connectivity index (χ3v) is 6.65. The number of aryl methyl sites for hydroxylation is 1. The summed E-state index contributed by atoms with van der Waals surface area (Å²) in [6.07, 6.45) is 4.85. The molecule has 0 fully saturated rings. The van der Waals surface area contributed by atoms with Gasteiger partial charge in [0.1, 0.15) is 16.5 Å². The van der Waals surface area contributed by atoms with Gasteiger partial charge in [-0.15, -0.1) is 22.7 Å². The van der Waals surface area contributed by atoms with E-state index < -0.39 is 0 Å². The van der Waals surface area contributed by atoms with Crippen molar-refractivity contribution in [2.24, 2.45) is 4.99 Å². The highest BCUT2D eigenvalue weighted by atomic mass is 32.1. The van der Waals surface area contributed by atoms with E-state index in [0.717, 1.165) is 34.7 Å². The maximum absolute atomic E-state index is 13.2. The van der Waals surface area contributed by atoms with Crippen LogP contribution in [0.25, 0.3) is 0 Å². The van der Waals surface area contributed by atoms with Crippen LogP contribution < -0.4 is 14.8 Å². The number of fused-ring (bicyclic) bond motifs is 1. The molecule has 1 aromatic carbocycles. The molecular formula is C21H20N2O3S2. The van der Waals surface area contributed by atoms with Crippen molar-refractivity contribution in [2.45, 2.75) is 19.3 Å². The summed E-state index contributed by atoms with van der Waals surface area (Å²) in [6, 6.07) is 9.34. The van der Waals surface area contributed by atoms with Gasteiger partial charge in [0.05, 0.1) is 25.5 Å². The van der Waals surface area contributed by atoms with Gasteiger partial charge in [-0.25, -0.2) is 4.99 Å². The third-order valence-electron chi connectivity index (χ3n) is 4.64. The average Bonchev–Trinajstić information content (AvgIpc) is 3.43. The molecular weight excluding hydrogens is 392 g/mol. The Morgan fingerprint density at radius 1 is 1.21 bits per heavy atom. The number of amides is 1. The van der Waals surface area contributed by atoms with Crippen LogP contribution in [0.1, 0.15) is 32.1 Å². The molecule has 5 nitrogen and oxygen atoms in total. The second-order valence-electron chi connectivity index (χ2n) is 6.33. The molecule has 0 bridgehead atoms. The number of hydrogen-bond donors (Lipinski definition) is 1. The number of thiophene rings is 2. The number of carbonyl (C=O) groups excluding carboxylic acids is 1. The maximum atomic E-state index is 13.2. The molecule has 7 heteroatoms. The first-order chi connectivity index (χ1) is 13.7. The van der Waals surface area contributed by atoms with Crippen molar-refractivity contribution in [3.8, 4) is 11.5 Å². The molecule has 4 rings (SSSR count). The molecule has 0 spiro atoms. The smallest absolute Gasteiger partial charge is 0.259 e. The van der Waals surface area contributed by atoms with Gasteiger partial charge in [-0.1, -0.05) is 6.07 Å². The van der Waals surface area contributed by atoms with Crippen LogP contribution in [0, 0.1) is 0 Å². The highest BCUT2D eigenvalue weighted by molar-refractivity contribution is 7.16. The fourth-order valence-corrected chi connectivity index (χ4v) is 5.10. The van der Waals surface area contributed by atoms with Crippen LogP contribution in [0.15, 0.2) is 40.7 Å². The molecule has 2 heterocycles. The first-order valence-electron chi connectivity index (χ1n) is 8.95. The third kappa shape index (κ3) is 3.68. The minimum Gasteiger partial charge on any atom is -0.497 e. The molecule has 0 saturated carbocycles. The first kappa shape index (κ1) is 18.7. The van der Waals surface area contributed by atoms with E-state index in [1.54, 1.807) is 55.1 Å². The van der Waals surface area contributed by atoms with Gasteiger partial charge in [0.2, 0.25) is 0 Å². The Bertz CT molecular complexity index is 1020. The van der Waals surface area contributed by atoms with Gasteiger partial charge >= 0.3 is 0 Å². The Morgan fingerprint density at radius 2 is 2.11 bits per heavy atom. The molecule has 0 atom stereocenters. The summed E-state index contributed by atoms with van der Waals surface area (Å²) in [5, 5.41) is 5.77. The summed E-state index contributed by atoms with van der Waals surface area (Å²) < 4.78 is 10.6. The normalized spacial score (nSPS) is 12.9. The number of aliphatic imine (C=N–C) groups is 1. The van der Waals surface area contributed by atoms with Gasteiger partial charge in [0.15, 0.2) is 0 Å². The zero-order chi connectivity index (χ0) is 19.5. The lowest BCUT2D eigenvalue weighted by atomic mass is 10.1. The molecule has 28 heavy (non-hydrogen) atoms. The minimum atomic E-state index is -0.152. The van der Waals surface area contributed by atoms with Crippen molar-refractivity contribution >= 4 is 45.5 Å². The topological polar surface area (TPSA) is 59.9 Å². The number of hydrogen-bond acceptors (Lipinski definition) is 6. The van der Waals surface area contributed by atoms with E-state index in [0.29, 0.717) is 22.7 Å². The van der Waals surface area contributed by atoms with E-state index in [-0.39, 0.29) is 5.91 Å². The highest BCUT2D eigenvalue weighted by Gasteiger charge is 2.27. The van der Waals surface area contributed by atoms with E-state index in [1.165, 1.54) is 4.88 Å². The van der Waals surface area contributed by atoms with Crippen LogP contribution in [0.5, 0.6) is 11.5 Å². The molecule has 0 aliphatic heterocycles. The molecule has 0 radical (unpaired) electrons. The number of ether oxygens (including phenoxy) is 2. The van der Waals surface area contributed by atoms with Crippen molar-refractivity contribution < 1.29 is 14.3 Å². The number of nitrogens with zero attached hydrogens (tertiary/aromatic N) is 1. The summed E-state index contributed by atoms with van der Waals surface area (Å²) in [6.45, 7) is 0. The number of nitrogens with one attached hydrogen (secondary N) is 1. The van der Waals surface area contributed by atoms with Gasteiger partial charge in [0.25, 0.3) is 5.91 Å². The lowest BCUT2D eigenvalue weighted by molar-refractivity contribution is 0.102. The molecule has 0 unspecified atom stereocenters. The van der Waals surface area contributed by atoms with E-state index in [4.69, 9.17) is 9.47 Å². The van der Waals surface area contributed by atoms with Crippen LogP contribution in [0.4, 0.5) is 10.7 Å². The average molecular weight is 413 g/mol. The summed E-state index contributed by atoms with van der Waals surface area (Å²) >= 11 is 3.24.